The Balaban J connectivity index is 1.73. The highest BCUT2D eigenvalue weighted by Crippen LogP contribution is 2.29. The number of carboxylic acids is 1. The fourth-order valence-corrected chi connectivity index (χ4v) is 3.20. The molecule has 6 heteroatoms. The monoisotopic (exact) mass is 411 g/mol. The average molecular weight is 411 g/mol. The molecule has 2 aromatic rings. The number of carbonyl (C=O) groups excluding carboxylic acids is 1. The first-order valence-corrected chi connectivity index (χ1v) is 10.1. The Bertz CT molecular complexity index is 922. The Labute approximate surface area is 177 Å². The van der Waals surface area contributed by atoms with Gasteiger partial charge in [-0.2, -0.15) is 0 Å². The number of hydrogen-bond donors (Lipinski definition) is 1. The van der Waals surface area contributed by atoms with Gasteiger partial charge in [-0.15, -0.1) is 0 Å². The summed E-state index contributed by atoms with van der Waals surface area (Å²) in [5.74, 6) is -0.106. The van der Waals surface area contributed by atoms with Gasteiger partial charge in [0.25, 0.3) is 0 Å². The van der Waals surface area contributed by atoms with Crippen molar-refractivity contribution in [2.75, 3.05) is 13.1 Å². The quantitative estimate of drug-likeness (QED) is 0.734. The van der Waals surface area contributed by atoms with E-state index in [0.29, 0.717) is 24.8 Å². The number of nitrogens with zero attached hydrogens (tertiary/aromatic N) is 1. The average Bonchev–Trinajstić information content (AvgIpc) is 2.62. The van der Waals surface area contributed by atoms with Gasteiger partial charge in [0.2, 0.25) is 0 Å². The maximum Gasteiger partial charge on any atom is 0.410 e. The topological polar surface area (TPSA) is 76.1 Å². The number of benzene rings is 2. The number of carboxylic acid groups (broad SMARTS) is 1. The van der Waals surface area contributed by atoms with E-state index in [1.165, 1.54) is 11.6 Å². The lowest BCUT2D eigenvalue weighted by atomic mass is 9.97. The van der Waals surface area contributed by atoms with Crippen LogP contribution in [0.1, 0.15) is 56.5 Å². The number of amides is 1. The Kier molecular flexibility index (Phi) is 6.06. The first-order chi connectivity index (χ1) is 14.0. The van der Waals surface area contributed by atoms with Gasteiger partial charge in [0.1, 0.15) is 17.5 Å². The number of rotatable bonds is 5. The first kappa shape index (κ1) is 21.7. The Morgan fingerprint density at radius 1 is 1.03 bits per heavy atom. The molecule has 6 nitrogen and oxygen atoms in total. The number of aromatic carboxylic acids is 1. The lowest BCUT2D eigenvalue weighted by Gasteiger charge is -2.39. The molecule has 0 bridgehead atoms. The van der Waals surface area contributed by atoms with Gasteiger partial charge < -0.3 is 19.5 Å². The van der Waals surface area contributed by atoms with E-state index in [1.54, 1.807) is 11.0 Å². The predicted molar refractivity (Wildman–Crippen MR) is 115 cm³/mol. The molecule has 1 fully saturated rings. The van der Waals surface area contributed by atoms with E-state index in [9.17, 15) is 14.7 Å². The van der Waals surface area contributed by atoms with Gasteiger partial charge >= 0.3 is 12.1 Å². The van der Waals surface area contributed by atoms with E-state index < -0.39 is 11.6 Å². The Morgan fingerprint density at radius 3 is 2.20 bits per heavy atom. The van der Waals surface area contributed by atoms with E-state index >= 15 is 0 Å². The molecule has 160 valence electrons. The number of likely N-dealkylation sites (tertiary alicyclic amines) is 1. The van der Waals surface area contributed by atoms with Crippen LogP contribution < -0.4 is 4.74 Å². The Morgan fingerprint density at radius 2 is 1.67 bits per heavy atom. The molecule has 0 aliphatic carbocycles. The van der Waals surface area contributed by atoms with E-state index in [0.717, 1.165) is 11.1 Å². The maximum absolute atomic E-state index is 12.1. The molecule has 0 saturated carbocycles. The number of carbonyl (C=O) groups is 2. The molecule has 1 saturated heterocycles. The van der Waals surface area contributed by atoms with Crippen LogP contribution >= 0.6 is 0 Å². The van der Waals surface area contributed by atoms with Crippen LogP contribution in [0.15, 0.2) is 42.5 Å². The van der Waals surface area contributed by atoms with Crippen LogP contribution in [-0.4, -0.2) is 46.9 Å². The summed E-state index contributed by atoms with van der Waals surface area (Å²) in [5, 5.41) is 9.50. The lowest BCUT2D eigenvalue weighted by molar-refractivity contribution is -0.0221. The van der Waals surface area contributed by atoms with Crippen molar-refractivity contribution in [2.24, 2.45) is 0 Å². The SMILES string of the molecule is CC(C)c1ccc(-c2cc(OC3CN(C(=O)OC(C)(C)C)C3)cc(C(=O)O)c2)cc1. The second-order valence-electron chi connectivity index (χ2n) is 8.95. The minimum Gasteiger partial charge on any atom is -0.487 e. The van der Waals surface area contributed by atoms with Gasteiger partial charge in [0.15, 0.2) is 0 Å². The highest BCUT2D eigenvalue weighted by molar-refractivity contribution is 5.90. The summed E-state index contributed by atoms with van der Waals surface area (Å²) in [6.07, 6.45) is -0.565. The highest BCUT2D eigenvalue weighted by atomic mass is 16.6. The van der Waals surface area contributed by atoms with Crippen molar-refractivity contribution in [2.45, 2.75) is 52.2 Å². The molecular formula is C24H29NO5. The fraction of sp³-hybridized carbons (Fsp3) is 0.417. The summed E-state index contributed by atoms with van der Waals surface area (Å²) in [4.78, 5) is 25.2. The molecule has 2 aromatic carbocycles. The smallest absolute Gasteiger partial charge is 0.410 e. The van der Waals surface area contributed by atoms with Crippen molar-refractivity contribution in [1.29, 1.82) is 0 Å². The van der Waals surface area contributed by atoms with Crippen molar-refractivity contribution in [3.8, 4) is 16.9 Å². The molecule has 1 aliphatic rings. The van der Waals surface area contributed by atoms with Crippen LogP contribution in [0.5, 0.6) is 5.75 Å². The van der Waals surface area contributed by atoms with Crippen LogP contribution in [0.2, 0.25) is 0 Å². The summed E-state index contributed by atoms with van der Waals surface area (Å²) in [6.45, 7) is 10.5. The second kappa shape index (κ2) is 8.38. The molecule has 1 N–H and O–H groups in total. The molecule has 0 radical (unpaired) electrons. The maximum atomic E-state index is 12.1. The van der Waals surface area contributed by atoms with Crippen LogP contribution in [0, 0.1) is 0 Å². The highest BCUT2D eigenvalue weighted by Gasteiger charge is 2.35. The van der Waals surface area contributed by atoms with Gasteiger partial charge in [-0.3, -0.25) is 0 Å². The molecule has 1 amide bonds. The third-order valence-electron chi connectivity index (χ3n) is 4.87. The molecule has 30 heavy (non-hydrogen) atoms. The normalized spacial score (nSPS) is 14.4. The van der Waals surface area contributed by atoms with Crippen molar-refractivity contribution >= 4 is 12.1 Å². The molecule has 1 heterocycles. The van der Waals surface area contributed by atoms with E-state index in [2.05, 4.69) is 26.0 Å². The second-order valence-corrected chi connectivity index (χ2v) is 8.95. The van der Waals surface area contributed by atoms with Gasteiger partial charge in [-0.05, 0) is 61.6 Å². The lowest BCUT2D eigenvalue weighted by Crippen LogP contribution is -2.57. The molecule has 0 aromatic heterocycles. The minimum absolute atomic E-state index is 0.166. The van der Waals surface area contributed by atoms with E-state index in [-0.39, 0.29) is 17.8 Å². The van der Waals surface area contributed by atoms with Gasteiger partial charge in [0, 0.05) is 0 Å². The van der Waals surface area contributed by atoms with Crippen molar-refractivity contribution in [1.82, 2.24) is 4.90 Å². The summed E-state index contributed by atoms with van der Waals surface area (Å²) in [7, 11) is 0. The predicted octanol–water partition coefficient (Wildman–Crippen LogP) is 5.17. The summed E-state index contributed by atoms with van der Waals surface area (Å²) in [6, 6.07) is 13.1. The molecule has 0 atom stereocenters. The molecule has 1 aliphatic heterocycles. The van der Waals surface area contributed by atoms with Crippen LogP contribution in [0.3, 0.4) is 0 Å². The molecular weight excluding hydrogens is 382 g/mol. The third-order valence-corrected chi connectivity index (χ3v) is 4.87. The standard InChI is InChI=1S/C24H29NO5/c1-15(2)16-6-8-17(9-7-16)18-10-19(22(26)27)12-20(11-18)29-21-13-25(14-21)23(28)30-24(3,4)5/h6-12,15,21H,13-14H2,1-5H3,(H,26,27). The largest absolute Gasteiger partial charge is 0.487 e. The Hall–Kier alpha value is -3.02. The van der Waals surface area contributed by atoms with Gasteiger partial charge in [-0.1, -0.05) is 38.1 Å². The number of hydrogen-bond acceptors (Lipinski definition) is 4. The third kappa shape index (κ3) is 5.32. The molecule has 0 spiro atoms. The van der Waals surface area contributed by atoms with Crippen molar-refractivity contribution < 1.29 is 24.2 Å². The first-order valence-electron chi connectivity index (χ1n) is 10.1. The molecule has 3 rings (SSSR count). The van der Waals surface area contributed by atoms with Gasteiger partial charge in [0.05, 0.1) is 18.7 Å². The molecule has 0 unspecified atom stereocenters. The van der Waals surface area contributed by atoms with E-state index in [1.807, 2.05) is 39.0 Å². The summed E-state index contributed by atoms with van der Waals surface area (Å²) in [5.41, 5.74) is 2.55. The van der Waals surface area contributed by atoms with Crippen LogP contribution in [-0.2, 0) is 4.74 Å². The minimum atomic E-state index is -1.01. The van der Waals surface area contributed by atoms with Crippen molar-refractivity contribution in [3.63, 3.8) is 0 Å². The zero-order valence-electron chi connectivity index (χ0n) is 18.1. The zero-order chi connectivity index (χ0) is 22.1. The van der Waals surface area contributed by atoms with Gasteiger partial charge in [-0.25, -0.2) is 9.59 Å². The van der Waals surface area contributed by atoms with Crippen molar-refractivity contribution in [3.05, 3.63) is 53.6 Å². The fourth-order valence-electron chi connectivity index (χ4n) is 3.20. The summed E-state index contributed by atoms with van der Waals surface area (Å²) >= 11 is 0. The van der Waals surface area contributed by atoms with Crippen LogP contribution in [0.4, 0.5) is 4.79 Å². The van der Waals surface area contributed by atoms with Crippen LogP contribution in [0.25, 0.3) is 11.1 Å². The van der Waals surface area contributed by atoms with E-state index in [4.69, 9.17) is 9.47 Å². The number of ether oxygens (including phenoxy) is 2. The summed E-state index contributed by atoms with van der Waals surface area (Å²) < 4.78 is 11.3. The zero-order valence-corrected chi connectivity index (χ0v) is 18.1.